The number of nitrogens with zero attached hydrogens (tertiary/aromatic N) is 3. The molecule has 0 saturated heterocycles. The fourth-order valence-corrected chi connectivity index (χ4v) is 6.21. The summed E-state index contributed by atoms with van der Waals surface area (Å²) in [5.41, 5.74) is 7.78. The van der Waals surface area contributed by atoms with Crippen molar-refractivity contribution < 1.29 is 26.2 Å². The number of para-hydroxylation sites is 1. The van der Waals surface area contributed by atoms with Crippen LogP contribution in [0.15, 0.2) is 116 Å². The minimum absolute atomic E-state index is 0. The first-order chi connectivity index (χ1) is 21.4. The molecule has 7 aromatic rings. The molecule has 7 rings (SSSR count). The van der Waals surface area contributed by atoms with Gasteiger partial charge in [-0.05, 0) is 51.3 Å². The number of benzene rings is 5. The summed E-state index contributed by atoms with van der Waals surface area (Å²) in [5.74, 6) is 1.80. The van der Waals surface area contributed by atoms with Crippen LogP contribution in [0.3, 0.4) is 0 Å². The van der Waals surface area contributed by atoms with Gasteiger partial charge >= 0.3 is 0 Å². The van der Waals surface area contributed by atoms with Crippen molar-refractivity contribution in [1.82, 2.24) is 14.5 Å². The first-order valence-corrected chi connectivity index (χ1v) is 15.2. The van der Waals surface area contributed by atoms with Crippen molar-refractivity contribution in [1.29, 1.82) is 0 Å². The third-order valence-electron chi connectivity index (χ3n) is 8.43. The average Bonchev–Trinajstić information content (AvgIpc) is 3.54. The number of hydrogen-bond acceptors (Lipinski definition) is 3. The summed E-state index contributed by atoms with van der Waals surface area (Å²) in [6.07, 6.45) is 3.92. The van der Waals surface area contributed by atoms with E-state index in [1.165, 1.54) is 16.8 Å². The van der Waals surface area contributed by atoms with Gasteiger partial charge < -0.3 is 9.67 Å². The molecule has 226 valence electrons. The van der Waals surface area contributed by atoms with E-state index in [1.807, 2.05) is 54.7 Å². The maximum atomic E-state index is 11.3. The minimum Gasteiger partial charge on any atom is -0.507 e. The van der Waals surface area contributed by atoms with E-state index in [-0.39, 0.29) is 26.8 Å². The first kappa shape index (κ1) is 30.5. The van der Waals surface area contributed by atoms with Crippen molar-refractivity contribution in [3.8, 4) is 45.3 Å². The van der Waals surface area contributed by atoms with Crippen LogP contribution < -0.4 is 0 Å². The summed E-state index contributed by atoms with van der Waals surface area (Å²) in [6, 6.07) is 38.6. The summed E-state index contributed by atoms with van der Waals surface area (Å²) in [6.45, 7) is 8.96. The molecule has 0 aliphatic heterocycles. The van der Waals surface area contributed by atoms with Crippen molar-refractivity contribution in [2.75, 3.05) is 0 Å². The summed E-state index contributed by atoms with van der Waals surface area (Å²) < 4.78 is 2.22. The van der Waals surface area contributed by atoms with Crippen LogP contribution in [0.1, 0.15) is 50.7 Å². The Labute approximate surface area is 278 Å². The Morgan fingerprint density at radius 1 is 0.689 bits per heavy atom. The molecule has 2 aromatic heterocycles. The molecule has 0 aliphatic carbocycles. The number of aromatic nitrogens is 3. The van der Waals surface area contributed by atoms with Gasteiger partial charge in [-0.15, -0.1) is 24.3 Å². The van der Waals surface area contributed by atoms with Gasteiger partial charge in [-0.3, -0.25) is 9.97 Å². The Morgan fingerprint density at radius 3 is 2.07 bits per heavy atom. The molecule has 4 nitrogen and oxygen atoms in total. The second-order valence-electron chi connectivity index (χ2n) is 12.0. The SMILES string of the molecule is CC(C)c1cccc(C(C)C)c1-n1ccnc1-c1[c-]c(-c2nc(-c3ccc4ccccc4c3O)cc3ccccc23)ccc1.[Pt]. The normalized spacial score (nSPS) is 11.4. The van der Waals surface area contributed by atoms with Gasteiger partial charge in [-0.1, -0.05) is 112 Å². The number of fused-ring (bicyclic) bond motifs is 2. The second-order valence-corrected chi connectivity index (χ2v) is 12.0. The fraction of sp³-hybridized carbons (Fsp3) is 0.150. The molecule has 0 atom stereocenters. The van der Waals surface area contributed by atoms with Crippen molar-refractivity contribution in [2.24, 2.45) is 0 Å². The van der Waals surface area contributed by atoms with Crippen LogP contribution in [-0.2, 0) is 21.1 Å². The zero-order valence-electron chi connectivity index (χ0n) is 25.7. The molecular weight excluding hydrogens is 734 g/mol. The fourth-order valence-electron chi connectivity index (χ4n) is 6.21. The smallest absolute Gasteiger partial charge is 0.132 e. The van der Waals surface area contributed by atoms with Crippen LogP contribution in [0.4, 0.5) is 0 Å². The van der Waals surface area contributed by atoms with Gasteiger partial charge in [-0.25, -0.2) is 0 Å². The number of aromatic hydroxyl groups is 1. The van der Waals surface area contributed by atoms with E-state index in [4.69, 9.17) is 9.97 Å². The Kier molecular flexibility index (Phi) is 8.44. The molecule has 0 radical (unpaired) electrons. The van der Waals surface area contributed by atoms with Crippen molar-refractivity contribution >= 4 is 21.5 Å². The summed E-state index contributed by atoms with van der Waals surface area (Å²) in [4.78, 5) is 10.0. The van der Waals surface area contributed by atoms with E-state index in [9.17, 15) is 5.11 Å². The predicted octanol–water partition coefficient (Wildman–Crippen LogP) is 10.3. The van der Waals surface area contributed by atoms with E-state index in [0.29, 0.717) is 17.4 Å². The molecule has 0 fully saturated rings. The molecule has 0 amide bonds. The predicted molar refractivity (Wildman–Crippen MR) is 181 cm³/mol. The van der Waals surface area contributed by atoms with Crippen LogP contribution >= 0.6 is 0 Å². The zero-order valence-corrected chi connectivity index (χ0v) is 28.0. The maximum Gasteiger partial charge on any atom is 0.132 e. The number of rotatable bonds is 6. The standard InChI is InChI=1S/C40H34N3O.Pt/c1-25(2)31-17-10-18-32(26(3)4)38(31)43-22-21-41-40(43)30-14-9-13-29(23-30)37-33-15-7-6-12-28(33)24-36(42-37)35-20-19-27-11-5-8-16-34(27)39(35)44;/h5-22,24-26,44H,1-4H3;/q-1;. The Balaban J connectivity index is 0.00000357. The molecule has 0 unspecified atom stereocenters. The molecule has 5 heteroatoms. The maximum absolute atomic E-state index is 11.3. The monoisotopic (exact) mass is 767 g/mol. The van der Waals surface area contributed by atoms with Gasteiger partial charge in [0.2, 0.25) is 0 Å². The number of hydrogen-bond donors (Lipinski definition) is 1. The zero-order chi connectivity index (χ0) is 30.4. The van der Waals surface area contributed by atoms with Crippen LogP contribution in [-0.4, -0.2) is 19.6 Å². The molecule has 45 heavy (non-hydrogen) atoms. The van der Waals surface area contributed by atoms with E-state index in [1.54, 1.807) is 0 Å². The van der Waals surface area contributed by atoms with Crippen LogP contribution in [0.5, 0.6) is 5.75 Å². The van der Waals surface area contributed by atoms with Crippen LogP contribution in [0.2, 0.25) is 0 Å². The quantitative estimate of drug-likeness (QED) is 0.172. The third-order valence-corrected chi connectivity index (χ3v) is 8.43. The molecule has 0 aliphatic rings. The number of phenolic OH excluding ortho intramolecular Hbond substituents is 1. The molecule has 2 heterocycles. The van der Waals surface area contributed by atoms with Crippen LogP contribution in [0.25, 0.3) is 61.1 Å². The van der Waals surface area contributed by atoms with E-state index < -0.39 is 0 Å². The Hall–Kier alpha value is -4.53. The van der Waals surface area contributed by atoms with Gasteiger partial charge in [0.25, 0.3) is 0 Å². The average molecular weight is 768 g/mol. The molecule has 0 spiro atoms. The summed E-state index contributed by atoms with van der Waals surface area (Å²) >= 11 is 0. The van der Waals surface area contributed by atoms with Gasteiger partial charge in [-0.2, -0.15) is 0 Å². The van der Waals surface area contributed by atoms with Gasteiger partial charge in [0.15, 0.2) is 0 Å². The number of pyridine rings is 1. The van der Waals surface area contributed by atoms with Crippen molar-refractivity contribution in [3.05, 3.63) is 133 Å². The van der Waals surface area contributed by atoms with Gasteiger partial charge in [0, 0.05) is 55.8 Å². The Bertz CT molecular complexity index is 2140. The minimum atomic E-state index is 0. The number of imidazole rings is 1. The molecular formula is C40H34N3OPt-. The summed E-state index contributed by atoms with van der Waals surface area (Å²) in [7, 11) is 0. The van der Waals surface area contributed by atoms with Crippen molar-refractivity contribution in [3.63, 3.8) is 0 Å². The van der Waals surface area contributed by atoms with E-state index >= 15 is 0 Å². The largest absolute Gasteiger partial charge is 0.507 e. The second kappa shape index (κ2) is 12.5. The van der Waals surface area contributed by atoms with Gasteiger partial charge in [0.1, 0.15) is 5.75 Å². The first-order valence-electron chi connectivity index (χ1n) is 15.2. The van der Waals surface area contributed by atoms with Gasteiger partial charge in [0.05, 0.1) is 11.5 Å². The summed E-state index contributed by atoms with van der Waals surface area (Å²) in [5, 5.41) is 15.2. The third kappa shape index (κ3) is 5.49. The number of phenols is 1. The molecule has 1 N–H and O–H groups in total. The molecule has 5 aromatic carbocycles. The van der Waals surface area contributed by atoms with E-state index in [0.717, 1.165) is 49.9 Å². The Morgan fingerprint density at radius 2 is 1.33 bits per heavy atom. The van der Waals surface area contributed by atoms with Crippen molar-refractivity contribution in [2.45, 2.75) is 39.5 Å². The van der Waals surface area contributed by atoms with Crippen LogP contribution in [0, 0.1) is 6.07 Å². The molecule has 0 bridgehead atoms. The topological polar surface area (TPSA) is 50.9 Å². The van der Waals surface area contributed by atoms with E-state index in [2.05, 4.69) is 99.1 Å². The molecule has 0 saturated carbocycles.